The van der Waals surface area contributed by atoms with Crippen molar-refractivity contribution in [3.05, 3.63) is 80.3 Å². The topological polar surface area (TPSA) is 203 Å². The second-order valence-electron chi connectivity index (χ2n) is 12.0. The normalized spacial score (nSPS) is 24.0. The fourth-order valence-electron chi connectivity index (χ4n) is 6.46. The molecule has 3 aliphatic rings. The summed E-state index contributed by atoms with van der Waals surface area (Å²) in [5.41, 5.74) is -0.447. The molecule has 0 spiro atoms. The molecule has 0 saturated carbocycles. The van der Waals surface area contributed by atoms with Crippen molar-refractivity contribution in [2.45, 2.75) is 64.7 Å². The zero-order chi connectivity index (χ0) is 34.0. The molecule has 0 bridgehead atoms. The first-order valence-electron chi connectivity index (χ1n) is 15.3. The third-order valence-corrected chi connectivity index (χ3v) is 9.94. The Kier molecular flexibility index (Phi) is 7.88. The molecule has 0 radical (unpaired) electrons. The molecule has 0 aliphatic carbocycles. The van der Waals surface area contributed by atoms with Gasteiger partial charge in [-0.1, -0.05) is 32.0 Å². The zero-order valence-electron chi connectivity index (χ0n) is 26.1. The van der Waals surface area contributed by atoms with E-state index in [1.54, 1.807) is 24.5 Å². The van der Waals surface area contributed by atoms with Gasteiger partial charge in [-0.3, -0.25) is 28.5 Å². The van der Waals surface area contributed by atoms with Crippen molar-refractivity contribution in [1.82, 2.24) is 24.1 Å². The predicted octanol–water partition coefficient (Wildman–Crippen LogP) is 2.75. The van der Waals surface area contributed by atoms with Crippen LogP contribution in [0.5, 0.6) is 0 Å². The monoisotopic (exact) mass is 678 g/mol. The molecule has 48 heavy (non-hydrogen) atoms. The standard InChI is InChI=1S/C31H31N6O10P/c1-4-31(47-48(42,43)45-14-24-16(2)9-25(46-24)37-15-32-29(33-17(3)38)35-30(37)41)21-11-23-26-19(10-18-7-5-6-8-22(18)34-26)12-36(23)27(39)20(21)13-44-28(31)40/h5-8,10-11,15-16,24-25H,4,9,12-14H2,1-3H3,(H,42,43)(H,33,35,38,41)/t16-,24+,25+,31-/m0/s1. The van der Waals surface area contributed by atoms with E-state index >= 15 is 0 Å². The lowest BCUT2D eigenvalue weighted by Gasteiger charge is -2.36. The van der Waals surface area contributed by atoms with E-state index in [-0.39, 0.29) is 42.6 Å². The number of carbonyl (C=O) groups is 2. The number of anilines is 1. The summed E-state index contributed by atoms with van der Waals surface area (Å²) in [7, 11) is -5.01. The Morgan fingerprint density at radius 2 is 2.00 bits per heavy atom. The minimum atomic E-state index is -5.01. The summed E-state index contributed by atoms with van der Waals surface area (Å²) in [6.07, 6.45) is -0.199. The molecule has 250 valence electrons. The maximum absolute atomic E-state index is 13.8. The highest BCUT2D eigenvalue weighted by molar-refractivity contribution is 7.47. The Morgan fingerprint density at radius 1 is 1.21 bits per heavy atom. The smallest absolute Gasteiger partial charge is 0.458 e. The molecular formula is C31H31N6O10P. The van der Waals surface area contributed by atoms with Crippen LogP contribution in [0.1, 0.15) is 56.5 Å². The number of nitrogens with zero attached hydrogens (tertiary/aromatic N) is 5. The number of esters is 1. The van der Waals surface area contributed by atoms with Gasteiger partial charge in [0.15, 0.2) is 0 Å². The van der Waals surface area contributed by atoms with Crippen molar-refractivity contribution in [1.29, 1.82) is 0 Å². The van der Waals surface area contributed by atoms with Gasteiger partial charge < -0.3 is 18.9 Å². The minimum absolute atomic E-state index is 0.116. The van der Waals surface area contributed by atoms with E-state index in [2.05, 4.69) is 15.3 Å². The van der Waals surface area contributed by atoms with Crippen LogP contribution >= 0.6 is 7.82 Å². The Labute approximate surface area is 272 Å². The summed E-state index contributed by atoms with van der Waals surface area (Å²) >= 11 is 0. The van der Waals surface area contributed by atoms with Crippen LogP contribution in [-0.2, 0) is 51.4 Å². The highest BCUT2D eigenvalue weighted by Crippen LogP contribution is 2.54. The van der Waals surface area contributed by atoms with Crippen LogP contribution in [0, 0.1) is 5.92 Å². The van der Waals surface area contributed by atoms with E-state index in [0.29, 0.717) is 17.8 Å². The molecule has 1 saturated heterocycles. The molecule has 6 heterocycles. The molecule has 1 amide bonds. The molecule has 2 N–H and O–H groups in total. The number of nitrogens with one attached hydrogen (secondary N) is 1. The summed E-state index contributed by atoms with van der Waals surface area (Å²) in [6, 6.07) is 11.1. The largest absolute Gasteiger partial charge is 0.473 e. The quantitative estimate of drug-likeness (QED) is 0.179. The third kappa shape index (κ3) is 5.44. The molecule has 16 nitrogen and oxygen atoms in total. The number of fused-ring (bicyclic) bond motifs is 5. The van der Waals surface area contributed by atoms with Crippen molar-refractivity contribution >= 4 is 36.6 Å². The highest BCUT2D eigenvalue weighted by atomic mass is 31.2. The van der Waals surface area contributed by atoms with Gasteiger partial charge in [0.1, 0.15) is 19.2 Å². The summed E-state index contributed by atoms with van der Waals surface area (Å²) in [6.45, 7) is 4.15. The lowest BCUT2D eigenvalue weighted by atomic mass is 9.86. The first kappa shape index (κ1) is 32.0. The average molecular weight is 679 g/mol. The Morgan fingerprint density at radius 3 is 2.75 bits per heavy atom. The molecule has 3 aliphatic heterocycles. The van der Waals surface area contributed by atoms with Crippen molar-refractivity contribution in [3.63, 3.8) is 0 Å². The maximum Gasteiger partial charge on any atom is 0.473 e. The summed E-state index contributed by atoms with van der Waals surface area (Å²) in [5.74, 6) is -1.77. The molecule has 5 atom stereocenters. The number of hydrogen-bond acceptors (Lipinski definition) is 12. The van der Waals surface area contributed by atoms with Crippen LogP contribution in [0.15, 0.2) is 52.3 Å². The third-order valence-electron chi connectivity index (χ3n) is 8.92. The number of phosphoric acid groups is 1. The van der Waals surface area contributed by atoms with E-state index in [4.69, 9.17) is 23.5 Å². The van der Waals surface area contributed by atoms with Crippen molar-refractivity contribution in [2.24, 2.45) is 5.92 Å². The molecule has 3 aromatic heterocycles. The highest BCUT2D eigenvalue weighted by Gasteiger charge is 2.53. The second kappa shape index (κ2) is 11.8. The fraction of sp³-hybridized carbons (Fsp3) is 0.387. The minimum Gasteiger partial charge on any atom is -0.458 e. The van der Waals surface area contributed by atoms with E-state index in [9.17, 15) is 28.6 Å². The number of benzene rings is 1. The van der Waals surface area contributed by atoms with Crippen LogP contribution in [0.25, 0.3) is 22.3 Å². The van der Waals surface area contributed by atoms with Gasteiger partial charge in [0.25, 0.3) is 5.56 Å². The number of carbonyl (C=O) groups excluding carboxylic acids is 2. The maximum atomic E-state index is 13.8. The van der Waals surface area contributed by atoms with E-state index in [1.165, 1.54) is 13.3 Å². The lowest BCUT2D eigenvalue weighted by molar-refractivity contribution is -0.171. The first-order valence-corrected chi connectivity index (χ1v) is 16.8. The lowest BCUT2D eigenvalue weighted by Crippen LogP contribution is -2.46. The van der Waals surface area contributed by atoms with Crippen LogP contribution in [0.4, 0.5) is 5.95 Å². The van der Waals surface area contributed by atoms with Gasteiger partial charge in [-0.05, 0) is 37.0 Å². The number of cyclic esters (lactones) is 1. The zero-order valence-corrected chi connectivity index (χ0v) is 27.0. The van der Waals surface area contributed by atoms with Crippen molar-refractivity contribution in [2.75, 3.05) is 11.9 Å². The van der Waals surface area contributed by atoms with Crippen LogP contribution in [0.3, 0.4) is 0 Å². The Bertz CT molecular complexity index is 2170. The second-order valence-corrected chi connectivity index (χ2v) is 13.4. The van der Waals surface area contributed by atoms with Gasteiger partial charge in [0.2, 0.25) is 17.5 Å². The van der Waals surface area contributed by atoms with E-state index in [0.717, 1.165) is 21.0 Å². The number of phosphoric ester groups is 1. The molecular weight excluding hydrogens is 647 g/mol. The summed E-state index contributed by atoms with van der Waals surface area (Å²) in [5, 5.41) is 3.25. The SMILES string of the molecule is CC[C@@]1(OP(=O)(O)OC[C@H]2O[C@@H](n3cnc(NC(C)=O)nc3=O)C[C@@H]2C)C(=O)OCc2c1cc1n(c2=O)Cc2cc3ccccc3nc2-1. The molecule has 17 heteroatoms. The molecule has 7 rings (SSSR count). The van der Waals surface area contributed by atoms with E-state index < -0.39 is 55.5 Å². The van der Waals surface area contributed by atoms with Gasteiger partial charge in [0.05, 0.1) is 41.7 Å². The van der Waals surface area contributed by atoms with Crippen LogP contribution in [0.2, 0.25) is 0 Å². The predicted molar refractivity (Wildman–Crippen MR) is 167 cm³/mol. The van der Waals surface area contributed by atoms with Gasteiger partial charge in [0, 0.05) is 23.4 Å². The number of hydrogen-bond donors (Lipinski definition) is 2. The van der Waals surface area contributed by atoms with Crippen molar-refractivity contribution in [3.8, 4) is 11.4 Å². The number of aromatic nitrogens is 5. The van der Waals surface area contributed by atoms with Gasteiger partial charge in [-0.2, -0.15) is 4.98 Å². The number of para-hydroxylation sites is 1. The summed E-state index contributed by atoms with van der Waals surface area (Å²) < 4.78 is 38.6. The number of rotatable bonds is 8. The fourth-order valence-corrected chi connectivity index (χ4v) is 7.54. The number of ether oxygens (including phenoxy) is 2. The number of amides is 1. The Hall–Kier alpha value is -4.60. The van der Waals surface area contributed by atoms with Gasteiger partial charge in [-0.25, -0.2) is 24.1 Å². The van der Waals surface area contributed by atoms with Crippen LogP contribution < -0.4 is 16.6 Å². The molecule has 1 unspecified atom stereocenters. The Balaban J connectivity index is 1.14. The first-order chi connectivity index (χ1) is 22.9. The van der Waals surface area contributed by atoms with Crippen molar-refractivity contribution < 1.29 is 37.6 Å². The molecule has 1 fully saturated rings. The average Bonchev–Trinajstić information content (AvgIpc) is 3.59. The molecule has 1 aromatic carbocycles. The van der Waals surface area contributed by atoms with Crippen LogP contribution in [-0.4, -0.2) is 53.6 Å². The van der Waals surface area contributed by atoms with E-state index in [1.807, 2.05) is 30.3 Å². The summed E-state index contributed by atoms with van der Waals surface area (Å²) in [4.78, 5) is 74.4. The van der Waals surface area contributed by atoms with Gasteiger partial charge in [-0.15, -0.1) is 0 Å². The van der Waals surface area contributed by atoms with Gasteiger partial charge >= 0.3 is 19.5 Å². The molecule has 4 aromatic rings. The number of pyridine rings is 2.